The van der Waals surface area contributed by atoms with Crippen LogP contribution in [0.25, 0.3) is 0 Å². The van der Waals surface area contributed by atoms with Crippen LogP contribution in [0.4, 0.5) is 5.69 Å². The summed E-state index contributed by atoms with van der Waals surface area (Å²) in [6, 6.07) is 8.22. The number of hydrogen-bond acceptors (Lipinski definition) is 4. The first-order chi connectivity index (χ1) is 9.08. The van der Waals surface area contributed by atoms with Crippen LogP contribution in [-0.2, 0) is 0 Å². The summed E-state index contributed by atoms with van der Waals surface area (Å²) in [5.74, 6) is 0.953. The third-order valence-electron chi connectivity index (χ3n) is 4.06. The molecule has 106 valence electrons. The van der Waals surface area contributed by atoms with E-state index in [4.69, 9.17) is 10.5 Å². The number of ether oxygens (including phenoxy) is 1. The highest BCUT2D eigenvalue weighted by atomic mass is 16.5. The van der Waals surface area contributed by atoms with Crippen molar-refractivity contribution < 1.29 is 4.74 Å². The topological polar surface area (TPSA) is 41.7 Å². The smallest absolute Gasteiger partial charge is 0.142 e. The summed E-state index contributed by atoms with van der Waals surface area (Å²) >= 11 is 0. The fourth-order valence-electron chi connectivity index (χ4n) is 2.57. The number of para-hydroxylation sites is 2. The van der Waals surface area contributed by atoms with E-state index in [2.05, 4.69) is 35.8 Å². The normalized spacial score (nSPS) is 17.6. The molecule has 2 rings (SSSR count). The van der Waals surface area contributed by atoms with Gasteiger partial charge in [-0.15, -0.1) is 0 Å². The van der Waals surface area contributed by atoms with Gasteiger partial charge in [0.05, 0.1) is 12.8 Å². The summed E-state index contributed by atoms with van der Waals surface area (Å²) in [6.45, 7) is 9.25. The Hall–Kier alpha value is -1.26. The van der Waals surface area contributed by atoms with Gasteiger partial charge in [-0.2, -0.15) is 0 Å². The van der Waals surface area contributed by atoms with Crippen LogP contribution in [-0.4, -0.2) is 50.3 Å². The van der Waals surface area contributed by atoms with Gasteiger partial charge in [-0.3, -0.25) is 4.90 Å². The van der Waals surface area contributed by atoms with E-state index in [1.54, 1.807) is 7.11 Å². The van der Waals surface area contributed by atoms with Crippen molar-refractivity contribution >= 4 is 5.69 Å². The van der Waals surface area contributed by atoms with E-state index in [0.717, 1.165) is 31.9 Å². The van der Waals surface area contributed by atoms with Crippen molar-refractivity contribution in [1.29, 1.82) is 0 Å². The van der Waals surface area contributed by atoms with Crippen molar-refractivity contribution in [2.75, 3.05) is 44.7 Å². The van der Waals surface area contributed by atoms with Gasteiger partial charge in [0.25, 0.3) is 0 Å². The monoisotopic (exact) mass is 263 g/mol. The van der Waals surface area contributed by atoms with Crippen molar-refractivity contribution in [1.82, 2.24) is 4.90 Å². The molecule has 0 unspecified atom stereocenters. The zero-order valence-electron chi connectivity index (χ0n) is 12.2. The van der Waals surface area contributed by atoms with Crippen LogP contribution in [0.5, 0.6) is 5.75 Å². The van der Waals surface area contributed by atoms with Gasteiger partial charge in [0.15, 0.2) is 0 Å². The van der Waals surface area contributed by atoms with E-state index in [1.807, 2.05) is 12.1 Å². The van der Waals surface area contributed by atoms with Crippen LogP contribution in [0, 0.1) is 0 Å². The molecule has 1 fully saturated rings. The molecule has 1 aromatic rings. The molecule has 4 nitrogen and oxygen atoms in total. The van der Waals surface area contributed by atoms with Crippen molar-refractivity contribution in [2.45, 2.75) is 19.4 Å². The molecule has 0 radical (unpaired) electrons. The van der Waals surface area contributed by atoms with E-state index in [0.29, 0.717) is 6.54 Å². The van der Waals surface area contributed by atoms with Crippen LogP contribution in [0.2, 0.25) is 0 Å². The van der Waals surface area contributed by atoms with Gasteiger partial charge in [-0.1, -0.05) is 12.1 Å². The Balaban J connectivity index is 2.04. The Labute approximate surface area is 116 Å². The minimum absolute atomic E-state index is 0.0901. The fraction of sp³-hybridized carbons (Fsp3) is 0.600. The third kappa shape index (κ3) is 3.01. The van der Waals surface area contributed by atoms with Gasteiger partial charge in [0, 0.05) is 38.3 Å². The van der Waals surface area contributed by atoms with Gasteiger partial charge in [0.1, 0.15) is 5.75 Å². The number of nitrogens with zero attached hydrogens (tertiary/aromatic N) is 2. The van der Waals surface area contributed by atoms with Gasteiger partial charge in [-0.25, -0.2) is 0 Å². The third-order valence-corrected chi connectivity index (χ3v) is 4.06. The van der Waals surface area contributed by atoms with Crippen molar-refractivity contribution in [2.24, 2.45) is 5.73 Å². The number of hydrogen-bond donors (Lipinski definition) is 1. The Kier molecular flexibility index (Phi) is 4.32. The second kappa shape index (κ2) is 5.80. The van der Waals surface area contributed by atoms with Gasteiger partial charge < -0.3 is 15.4 Å². The summed E-state index contributed by atoms with van der Waals surface area (Å²) in [7, 11) is 1.73. The minimum Gasteiger partial charge on any atom is -0.495 e. The highest BCUT2D eigenvalue weighted by molar-refractivity contribution is 5.58. The first-order valence-corrected chi connectivity index (χ1v) is 6.91. The molecule has 0 spiro atoms. The summed E-state index contributed by atoms with van der Waals surface area (Å²) < 4.78 is 5.44. The van der Waals surface area contributed by atoms with E-state index >= 15 is 0 Å². The van der Waals surface area contributed by atoms with E-state index in [-0.39, 0.29) is 5.54 Å². The summed E-state index contributed by atoms with van der Waals surface area (Å²) in [5, 5.41) is 0. The largest absolute Gasteiger partial charge is 0.495 e. The molecule has 0 aliphatic carbocycles. The maximum Gasteiger partial charge on any atom is 0.142 e. The molecule has 1 aliphatic heterocycles. The quantitative estimate of drug-likeness (QED) is 0.895. The molecular formula is C15H25N3O. The maximum absolute atomic E-state index is 5.85. The van der Waals surface area contributed by atoms with Crippen molar-refractivity contribution in [3.8, 4) is 5.75 Å². The van der Waals surface area contributed by atoms with Crippen LogP contribution < -0.4 is 15.4 Å². The average Bonchev–Trinajstić information content (AvgIpc) is 2.47. The zero-order chi connectivity index (χ0) is 13.9. The van der Waals surface area contributed by atoms with Gasteiger partial charge in [-0.05, 0) is 26.0 Å². The first kappa shape index (κ1) is 14.2. The molecule has 1 aromatic carbocycles. The maximum atomic E-state index is 5.85. The fourth-order valence-corrected chi connectivity index (χ4v) is 2.57. The Morgan fingerprint density at radius 1 is 1.16 bits per heavy atom. The van der Waals surface area contributed by atoms with E-state index in [1.165, 1.54) is 5.69 Å². The van der Waals surface area contributed by atoms with Gasteiger partial charge in [0.2, 0.25) is 0 Å². The average molecular weight is 263 g/mol. The van der Waals surface area contributed by atoms with Gasteiger partial charge >= 0.3 is 0 Å². The Bertz CT molecular complexity index is 412. The molecule has 4 heteroatoms. The minimum atomic E-state index is 0.0901. The SMILES string of the molecule is COc1ccccc1N1CCN(C(C)(C)CN)CC1. The van der Waals surface area contributed by atoms with E-state index in [9.17, 15) is 0 Å². The Morgan fingerprint density at radius 3 is 2.37 bits per heavy atom. The lowest BCUT2D eigenvalue weighted by atomic mass is 10.0. The highest BCUT2D eigenvalue weighted by Crippen LogP contribution is 2.29. The predicted octanol–water partition coefficient (Wildman–Crippen LogP) is 1.55. The second-order valence-electron chi connectivity index (χ2n) is 5.66. The molecule has 19 heavy (non-hydrogen) atoms. The first-order valence-electron chi connectivity index (χ1n) is 6.91. The van der Waals surface area contributed by atoms with E-state index < -0.39 is 0 Å². The highest BCUT2D eigenvalue weighted by Gasteiger charge is 2.29. The molecule has 0 bridgehead atoms. The lowest BCUT2D eigenvalue weighted by Gasteiger charge is -2.44. The second-order valence-corrected chi connectivity index (χ2v) is 5.66. The lowest BCUT2D eigenvalue weighted by molar-refractivity contribution is 0.119. The molecule has 1 aliphatic rings. The molecule has 0 amide bonds. The lowest BCUT2D eigenvalue weighted by Crippen LogP contribution is -2.57. The van der Waals surface area contributed by atoms with Crippen molar-refractivity contribution in [3.63, 3.8) is 0 Å². The molecule has 0 atom stereocenters. The number of rotatable bonds is 4. The Morgan fingerprint density at radius 2 is 1.79 bits per heavy atom. The van der Waals surface area contributed by atoms with Crippen LogP contribution in [0.1, 0.15) is 13.8 Å². The molecule has 0 saturated carbocycles. The molecule has 1 heterocycles. The molecule has 2 N–H and O–H groups in total. The summed E-state index contributed by atoms with van der Waals surface area (Å²) in [6.07, 6.45) is 0. The van der Waals surface area contributed by atoms with Crippen LogP contribution in [0.3, 0.4) is 0 Å². The molecule has 1 saturated heterocycles. The number of benzene rings is 1. The summed E-state index contributed by atoms with van der Waals surface area (Å²) in [5.41, 5.74) is 7.13. The van der Waals surface area contributed by atoms with Crippen LogP contribution in [0.15, 0.2) is 24.3 Å². The predicted molar refractivity (Wildman–Crippen MR) is 79.9 cm³/mol. The van der Waals surface area contributed by atoms with Crippen LogP contribution >= 0.6 is 0 Å². The number of methoxy groups -OCH3 is 1. The number of anilines is 1. The number of nitrogens with two attached hydrogens (primary N) is 1. The molecular weight excluding hydrogens is 238 g/mol. The van der Waals surface area contributed by atoms with Crippen molar-refractivity contribution in [3.05, 3.63) is 24.3 Å². The molecule has 0 aromatic heterocycles. The summed E-state index contributed by atoms with van der Waals surface area (Å²) in [4.78, 5) is 4.86. The zero-order valence-corrected chi connectivity index (χ0v) is 12.2. The standard InChI is InChI=1S/C15H25N3O/c1-15(2,12-16)18-10-8-17(9-11-18)13-6-4-5-7-14(13)19-3/h4-7H,8-12,16H2,1-3H3. The number of piperazine rings is 1.